The lowest BCUT2D eigenvalue weighted by Gasteiger charge is -2.22. The first-order valence-corrected chi connectivity index (χ1v) is 7.66. The van der Waals surface area contributed by atoms with Crippen molar-refractivity contribution in [1.29, 1.82) is 0 Å². The molecule has 0 spiro atoms. The Hall–Kier alpha value is -2.34. The zero-order valence-corrected chi connectivity index (χ0v) is 12.5. The third-order valence-corrected chi connectivity index (χ3v) is 4.12. The van der Waals surface area contributed by atoms with E-state index in [4.69, 9.17) is 0 Å². The molecule has 0 saturated carbocycles. The summed E-state index contributed by atoms with van der Waals surface area (Å²) < 4.78 is 1.96. The minimum Gasteiger partial charge on any atom is -0.316 e. The van der Waals surface area contributed by atoms with E-state index in [0.717, 1.165) is 36.0 Å². The van der Waals surface area contributed by atoms with Gasteiger partial charge >= 0.3 is 0 Å². The Balaban J connectivity index is 1.80. The van der Waals surface area contributed by atoms with Gasteiger partial charge in [-0.1, -0.05) is 0 Å². The van der Waals surface area contributed by atoms with Crippen molar-refractivity contribution in [3.05, 3.63) is 42.2 Å². The van der Waals surface area contributed by atoms with Crippen molar-refractivity contribution in [2.45, 2.75) is 25.7 Å². The number of rotatable bonds is 2. The van der Waals surface area contributed by atoms with Gasteiger partial charge < -0.3 is 5.32 Å². The van der Waals surface area contributed by atoms with Crippen LogP contribution >= 0.6 is 0 Å². The number of hydrogen-bond acceptors (Lipinski definition) is 5. The Kier molecular flexibility index (Phi) is 3.31. The number of imidazole rings is 1. The van der Waals surface area contributed by atoms with Crippen LogP contribution in [0, 0.1) is 6.92 Å². The van der Waals surface area contributed by atoms with E-state index >= 15 is 0 Å². The predicted octanol–water partition coefficient (Wildman–Crippen LogP) is 1.96. The molecule has 4 heterocycles. The van der Waals surface area contributed by atoms with E-state index < -0.39 is 0 Å². The van der Waals surface area contributed by atoms with E-state index in [1.165, 1.54) is 12.8 Å². The Labute approximate surface area is 128 Å². The number of nitrogens with one attached hydrogen (secondary N) is 1. The number of nitrogens with zero attached hydrogens (tertiary/aromatic N) is 5. The molecule has 0 aromatic carbocycles. The molecule has 0 radical (unpaired) electrons. The molecule has 1 saturated heterocycles. The molecule has 1 fully saturated rings. The summed E-state index contributed by atoms with van der Waals surface area (Å²) in [6.07, 6.45) is 7.91. The summed E-state index contributed by atoms with van der Waals surface area (Å²) in [6.45, 7) is 4.04. The second-order valence-corrected chi connectivity index (χ2v) is 5.70. The van der Waals surface area contributed by atoms with E-state index in [0.29, 0.717) is 11.7 Å². The fraction of sp³-hybridized carbons (Fsp3) is 0.375. The SMILES string of the molecule is Cc1nc(-c2cnc3ncccn23)cc(C2CCCNC2)n1. The highest BCUT2D eigenvalue weighted by atomic mass is 15.1. The van der Waals surface area contributed by atoms with Crippen molar-refractivity contribution in [2.75, 3.05) is 13.1 Å². The van der Waals surface area contributed by atoms with Gasteiger partial charge in [0, 0.05) is 30.6 Å². The Morgan fingerprint density at radius 3 is 3.09 bits per heavy atom. The molecule has 1 aliphatic rings. The van der Waals surface area contributed by atoms with Crippen LogP contribution in [0.1, 0.15) is 30.3 Å². The molecular formula is C16H18N6. The molecule has 6 nitrogen and oxygen atoms in total. The van der Waals surface area contributed by atoms with Crippen LogP contribution in [0.4, 0.5) is 0 Å². The summed E-state index contributed by atoms with van der Waals surface area (Å²) in [5.74, 6) is 1.96. The lowest BCUT2D eigenvalue weighted by atomic mass is 9.95. The Morgan fingerprint density at radius 1 is 1.27 bits per heavy atom. The van der Waals surface area contributed by atoms with Crippen molar-refractivity contribution in [3.8, 4) is 11.4 Å². The smallest absolute Gasteiger partial charge is 0.234 e. The van der Waals surface area contributed by atoms with Crippen LogP contribution in [0.15, 0.2) is 30.7 Å². The summed E-state index contributed by atoms with van der Waals surface area (Å²) in [5, 5.41) is 3.45. The third-order valence-electron chi connectivity index (χ3n) is 4.12. The van der Waals surface area contributed by atoms with Gasteiger partial charge in [0.2, 0.25) is 5.78 Å². The topological polar surface area (TPSA) is 68.0 Å². The van der Waals surface area contributed by atoms with E-state index in [-0.39, 0.29) is 0 Å². The molecule has 112 valence electrons. The summed E-state index contributed by atoms with van der Waals surface area (Å²) in [6, 6.07) is 4.00. The van der Waals surface area contributed by atoms with Crippen molar-refractivity contribution in [2.24, 2.45) is 0 Å². The van der Waals surface area contributed by atoms with Gasteiger partial charge in [0.15, 0.2) is 0 Å². The molecule has 0 bridgehead atoms. The van der Waals surface area contributed by atoms with Crippen LogP contribution in [0.2, 0.25) is 0 Å². The first-order valence-electron chi connectivity index (χ1n) is 7.66. The van der Waals surface area contributed by atoms with E-state index in [9.17, 15) is 0 Å². The highest BCUT2D eigenvalue weighted by Crippen LogP contribution is 2.25. The summed E-state index contributed by atoms with van der Waals surface area (Å²) >= 11 is 0. The van der Waals surface area contributed by atoms with E-state index in [1.54, 1.807) is 6.20 Å². The average Bonchev–Trinajstić information content (AvgIpc) is 2.99. The summed E-state index contributed by atoms with van der Waals surface area (Å²) in [4.78, 5) is 17.9. The standard InChI is InChI=1S/C16H18N6/c1-11-20-13(12-4-2-5-17-9-12)8-14(21-11)15-10-19-16-18-6-3-7-22(15)16/h3,6-8,10,12,17H,2,4-5,9H2,1H3. The second-order valence-electron chi connectivity index (χ2n) is 5.70. The van der Waals surface area contributed by atoms with Gasteiger partial charge in [-0.3, -0.25) is 4.40 Å². The average molecular weight is 294 g/mol. The maximum atomic E-state index is 4.65. The summed E-state index contributed by atoms with van der Waals surface area (Å²) in [5.41, 5.74) is 2.99. The molecule has 22 heavy (non-hydrogen) atoms. The molecule has 0 amide bonds. The molecule has 6 heteroatoms. The van der Waals surface area contributed by atoms with Crippen LogP contribution < -0.4 is 5.32 Å². The van der Waals surface area contributed by atoms with Crippen LogP contribution in [0.25, 0.3) is 17.2 Å². The van der Waals surface area contributed by atoms with Gasteiger partial charge in [0.25, 0.3) is 0 Å². The highest BCUT2D eigenvalue weighted by molar-refractivity contribution is 5.58. The maximum absolute atomic E-state index is 4.65. The third kappa shape index (κ3) is 2.35. The molecule has 4 rings (SSSR count). The number of aryl methyl sites for hydroxylation is 1. The highest BCUT2D eigenvalue weighted by Gasteiger charge is 2.19. The zero-order chi connectivity index (χ0) is 14.9. The minimum atomic E-state index is 0.464. The van der Waals surface area contributed by atoms with Gasteiger partial charge in [-0.2, -0.15) is 0 Å². The van der Waals surface area contributed by atoms with Gasteiger partial charge in [0.1, 0.15) is 5.82 Å². The predicted molar refractivity (Wildman–Crippen MR) is 83.6 cm³/mol. The van der Waals surface area contributed by atoms with Crippen LogP contribution in [-0.2, 0) is 0 Å². The quantitative estimate of drug-likeness (QED) is 0.782. The van der Waals surface area contributed by atoms with Gasteiger partial charge in [-0.25, -0.2) is 19.9 Å². The number of aromatic nitrogens is 5. The first kappa shape index (κ1) is 13.3. The Morgan fingerprint density at radius 2 is 2.23 bits per heavy atom. The second kappa shape index (κ2) is 5.46. The molecule has 0 aliphatic carbocycles. The largest absolute Gasteiger partial charge is 0.316 e. The molecular weight excluding hydrogens is 276 g/mol. The van der Waals surface area contributed by atoms with Gasteiger partial charge in [-0.15, -0.1) is 0 Å². The molecule has 3 aromatic heterocycles. The number of piperidine rings is 1. The van der Waals surface area contributed by atoms with Crippen LogP contribution in [0.5, 0.6) is 0 Å². The van der Waals surface area contributed by atoms with Gasteiger partial charge in [-0.05, 0) is 38.4 Å². The molecule has 1 N–H and O–H groups in total. The Bertz CT molecular complexity index is 803. The van der Waals surface area contributed by atoms with Gasteiger partial charge in [0.05, 0.1) is 17.6 Å². The minimum absolute atomic E-state index is 0.464. The molecule has 1 atom stereocenters. The lowest BCUT2D eigenvalue weighted by Crippen LogP contribution is -2.29. The maximum Gasteiger partial charge on any atom is 0.234 e. The lowest BCUT2D eigenvalue weighted by molar-refractivity contribution is 0.453. The van der Waals surface area contributed by atoms with Crippen molar-refractivity contribution in [3.63, 3.8) is 0 Å². The van der Waals surface area contributed by atoms with E-state index in [2.05, 4.69) is 31.3 Å². The summed E-state index contributed by atoms with van der Waals surface area (Å²) in [7, 11) is 0. The fourth-order valence-corrected chi connectivity index (χ4v) is 3.05. The van der Waals surface area contributed by atoms with Crippen molar-refractivity contribution >= 4 is 5.78 Å². The van der Waals surface area contributed by atoms with Crippen molar-refractivity contribution < 1.29 is 0 Å². The van der Waals surface area contributed by atoms with E-state index in [1.807, 2.05) is 29.8 Å². The number of hydrogen-bond donors (Lipinski definition) is 1. The van der Waals surface area contributed by atoms with Crippen LogP contribution in [-0.4, -0.2) is 37.4 Å². The number of fused-ring (bicyclic) bond motifs is 1. The first-order chi connectivity index (χ1) is 10.8. The molecule has 3 aromatic rings. The molecule has 1 aliphatic heterocycles. The monoisotopic (exact) mass is 294 g/mol. The van der Waals surface area contributed by atoms with Crippen LogP contribution in [0.3, 0.4) is 0 Å². The molecule has 1 unspecified atom stereocenters. The van der Waals surface area contributed by atoms with Crippen molar-refractivity contribution in [1.82, 2.24) is 29.7 Å². The zero-order valence-electron chi connectivity index (χ0n) is 12.5. The fourth-order valence-electron chi connectivity index (χ4n) is 3.05. The normalized spacial score (nSPS) is 18.7.